The molecule has 0 bridgehead atoms. The molecule has 0 aliphatic rings. The summed E-state index contributed by atoms with van der Waals surface area (Å²) >= 11 is 1.50. The number of carbonyl (C=O) groups excluding carboxylic acids is 2. The maximum absolute atomic E-state index is 14.8. The van der Waals surface area contributed by atoms with E-state index in [1.165, 1.54) is 24.3 Å². The Hall–Kier alpha value is -3.76. The standard InChI is InChI=1S/C33H36F3N3O6S3/c1-20(2)39(48(43,44)29-17-16-28(37)47-29)24(19-40)27-15-14-26(46-27)23(33(34,35)36)18-25(41)31(38-32(42)45-3)30(21-10-6-4-7-11-21)22-12-8-5-9-13-22/h4-17,20,23-24,30-31,40H,18-19,37H2,1-3H3,(H,38,42)/t23-,24-,31-/m1/s1. The molecule has 4 N–H and O–H groups in total. The van der Waals surface area contributed by atoms with E-state index in [1.54, 1.807) is 74.5 Å². The highest BCUT2D eigenvalue weighted by atomic mass is 32.2. The Morgan fingerprint density at radius 1 is 0.917 bits per heavy atom. The zero-order chi connectivity index (χ0) is 35.2. The Morgan fingerprint density at radius 3 is 1.94 bits per heavy atom. The van der Waals surface area contributed by atoms with E-state index in [2.05, 4.69) is 5.32 Å². The number of anilines is 1. The predicted octanol–water partition coefficient (Wildman–Crippen LogP) is 6.69. The number of halogens is 3. The van der Waals surface area contributed by atoms with Crippen molar-refractivity contribution in [3.63, 3.8) is 0 Å². The smallest absolute Gasteiger partial charge is 0.407 e. The van der Waals surface area contributed by atoms with Gasteiger partial charge in [0.05, 0.1) is 30.7 Å². The van der Waals surface area contributed by atoms with E-state index in [1.807, 2.05) is 0 Å². The molecule has 3 atom stereocenters. The van der Waals surface area contributed by atoms with Gasteiger partial charge in [-0.1, -0.05) is 60.7 Å². The lowest BCUT2D eigenvalue weighted by atomic mass is 9.81. The average molecular weight is 724 g/mol. The second-order valence-electron chi connectivity index (χ2n) is 11.2. The SMILES string of the molecule is COC(=O)N[C@H](C(=O)C[C@H](c1ccc([C@@H](CO)N(C(C)C)S(=O)(=O)c2ccc(N)s2)s1)C(F)(F)F)C(c1ccccc1)c1ccccc1. The number of benzene rings is 2. The van der Waals surface area contributed by atoms with Crippen LogP contribution in [0.15, 0.2) is 89.1 Å². The Bertz CT molecular complexity index is 1740. The van der Waals surface area contributed by atoms with Gasteiger partial charge < -0.3 is 20.9 Å². The summed E-state index contributed by atoms with van der Waals surface area (Å²) < 4.78 is 77.2. The highest BCUT2D eigenvalue weighted by Gasteiger charge is 2.46. The minimum absolute atomic E-state index is 0.0711. The first-order valence-corrected chi connectivity index (χ1v) is 17.9. The molecule has 2 aromatic heterocycles. The summed E-state index contributed by atoms with van der Waals surface area (Å²) in [7, 11) is -3.10. The number of nitrogen functional groups attached to an aromatic ring is 1. The van der Waals surface area contributed by atoms with Crippen LogP contribution in [0.1, 0.15) is 59.0 Å². The number of rotatable bonds is 14. The Morgan fingerprint density at radius 2 is 1.48 bits per heavy atom. The molecule has 9 nitrogen and oxygen atoms in total. The first-order chi connectivity index (χ1) is 22.7. The zero-order valence-electron chi connectivity index (χ0n) is 26.3. The van der Waals surface area contributed by atoms with Crippen LogP contribution in [0.5, 0.6) is 0 Å². The lowest BCUT2D eigenvalue weighted by molar-refractivity contribution is -0.156. The third-order valence-corrected chi connectivity index (χ3v) is 12.5. The van der Waals surface area contributed by atoms with E-state index in [-0.39, 0.29) is 19.0 Å². The summed E-state index contributed by atoms with van der Waals surface area (Å²) in [6.07, 6.45) is -6.91. The summed E-state index contributed by atoms with van der Waals surface area (Å²) in [6, 6.07) is 19.3. The van der Waals surface area contributed by atoms with Crippen molar-refractivity contribution in [1.82, 2.24) is 9.62 Å². The number of sulfonamides is 1. The van der Waals surface area contributed by atoms with Crippen molar-refractivity contribution >= 4 is 49.6 Å². The van der Waals surface area contributed by atoms with Crippen molar-refractivity contribution < 1.29 is 41.0 Å². The van der Waals surface area contributed by atoms with Crippen LogP contribution in [0, 0.1) is 0 Å². The van der Waals surface area contributed by atoms with Crippen molar-refractivity contribution in [3.05, 3.63) is 106 Å². The molecule has 0 saturated carbocycles. The second-order valence-corrected chi connectivity index (χ2v) is 15.5. The minimum Gasteiger partial charge on any atom is -0.453 e. The van der Waals surface area contributed by atoms with Crippen LogP contribution in [0.4, 0.5) is 23.0 Å². The van der Waals surface area contributed by atoms with E-state index in [0.717, 1.165) is 22.8 Å². The number of aliphatic hydroxyl groups excluding tert-OH is 1. The largest absolute Gasteiger partial charge is 0.453 e. The van der Waals surface area contributed by atoms with Gasteiger partial charge in [-0.2, -0.15) is 17.5 Å². The Balaban J connectivity index is 1.73. The Labute approximate surface area is 285 Å². The number of Topliss-reactive ketones (excluding diaryl/α,β-unsaturated/α-hetero) is 1. The fraction of sp³-hybridized carbons (Fsp3) is 0.333. The summed E-state index contributed by atoms with van der Waals surface area (Å²) in [5.41, 5.74) is 6.94. The summed E-state index contributed by atoms with van der Waals surface area (Å²) in [4.78, 5) is 26.4. The second kappa shape index (κ2) is 15.6. The van der Waals surface area contributed by atoms with E-state index in [4.69, 9.17) is 10.5 Å². The number of amides is 1. The quantitative estimate of drug-likeness (QED) is 0.132. The van der Waals surface area contributed by atoms with Gasteiger partial charge in [0.2, 0.25) is 0 Å². The van der Waals surface area contributed by atoms with Crippen molar-refractivity contribution in [2.75, 3.05) is 19.5 Å². The van der Waals surface area contributed by atoms with Gasteiger partial charge in [-0.15, -0.1) is 22.7 Å². The Kier molecular flexibility index (Phi) is 12.1. The summed E-state index contributed by atoms with van der Waals surface area (Å²) in [5.74, 6) is -4.03. The fourth-order valence-electron chi connectivity index (χ4n) is 5.55. The predicted molar refractivity (Wildman–Crippen MR) is 180 cm³/mol. The number of nitrogens with zero attached hydrogens (tertiary/aromatic N) is 1. The van der Waals surface area contributed by atoms with Crippen molar-refractivity contribution in [3.8, 4) is 0 Å². The van der Waals surface area contributed by atoms with E-state index >= 15 is 0 Å². The van der Waals surface area contributed by atoms with Crippen LogP contribution in [0.3, 0.4) is 0 Å². The van der Waals surface area contributed by atoms with Gasteiger partial charge in [-0.05, 0) is 49.2 Å². The molecule has 0 unspecified atom stereocenters. The number of hydrogen-bond donors (Lipinski definition) is 3. The highest BCUT2D eigenvalue weighted by Crippen LogP contribution is 2.44. The van der Waals surface area contributed by atoms with Crippen LogP contribution in [0.2, 0.25) is 0 Å². The van der Waals surface area contributed by atoms with E-state index in [0.29, 0.717) is 22.5 Å². The lowest BCUT2D eigenvalue weighted by Crippen LogP contribution is -2.46. The molecule has 0 saturated heterocycles. The van der Waals surface area contributed by atoms with Crippen LogP contribution in [-0.4, -0.2) is 61.7 Å². The van der Waals surface area contributed by atoms with Gasteiger partial charge in [0.15, 0.2) is 5.78 Å². The molecule has 2 aromatic carbocycles. The van der Waals surface area contributed by atoms with Gasteiger partial charge in [0.25, 0.3) is 10.0 Å². The third kappa shape index (κ3) is 8.44. The summed E-state index contributed by atoms with van der Waals surface area (Å²) in [5, 5.41) is 13.1. The first kappa shape index (κ1) is 37.1. The van der Waals surface area contributed by atoms with Gasteiger partial charge in [-0.3, -0.25) is 4.79 Å². The van der Waals surface area contributed by atoms with E-state index in [9.17, 15) is 36.3 Å². The molecule has 4 rings (SSSR count). The number of thiophene rings is 2. The van der Waals surface area contributed by atoms with Gasteiger partial charge in [0, 0.05) is 28.1 Å². The molecule has 0 spiro atoms. The molecule has 258 valence electrons. The third-order valence-electron chi connectivity index (χ3n) is 7.70. The average Bonchev–Trinajstić information content (AvgIpc) is 3.72. The highest BCUT2D eigenvalue weighted by molar-refractivity contribution is 7.91. The molecular formula is C33H36F3N3O6S3. The van der Waals surface area contributed by atoms with Crippen molar-refractivity contribution in [2.45, 2.75) is 60.6 Å². The fourth-order valence-corrected chi connectivity index (χ4v) is 9.84. The van der Waals surface area contributed by atoms with Gasteiger partial charge in [0.1, 0.15) is 10.3 Å². The van der Waals surface area contributed by atoms with Crippen molar-refractivity contribution in [1.29, 1.82) is 0 Å². The number of alkyl halides is 3. The molecule has 4 aromatic rings. The number of nitrogens with two attached hydrogens (primary N) is 1. The van der Waals surface area contributed by atoms with E-state index < -0.39 is 71.1 Å². The molecular weight excluding hydrogens is 688 g/mol. The van der Waals surface area contributed by atoms with Crippen LogP contribution >= 0.6 is 22.7 Å². The number of nitrogens with one attached hydrogen (secondary N) is 1. The maximum Gasteiger partial charge on any atom is 0.407 e. The monoisotopic (exact) mass is 723 g/mol. The topological polar surface area (TPSA) is 139 Å². The number of aliphatic hydroxyl groups is 1. The molecule has 0 radical (unpaired) electrons. The number of ketones is 1. The number of methoxy groups -OCH3 is 1. The normalized spacial score (nSPS) is 14.2. The van der Waals surface area contributed by atoms with Gasteiger partial charge in [-0.25, -0.2) is 13.2 Å². The molecule has 15 heteroatoms. The molecule has 0 aliphatic heterocycles. The number of alkyl carbamates (subject to hydrolysis) is 1. The number of ether oxygens (including phenoxy) is 1. The van der Waals surface area contributed by atoms with Crippen molar-refractivity contribution in [2.24, 2.45) is 0 Å². The van der Waals surface area contributed by atoms with Crippen LogP contribution in [0.25, 0.3) is 0 Å². The summed E-state index contributed by atoms with van der Waals surface area (Å²) in [6.45, 7) is 2.47. The molecule has 0 fully saturated rings. The number of carbonyl (C=O) groups is 2. The molecule has 48 heavy (non-hydrogen) atoms. The minimum atomic E-state index is -4.89. The van der Waals surface area contributed by atoms with Gasteiger partial charge >= 0.3 is 12.3 Å². The molecule has 1 amide bonds. The first-order valence-electron chi connectivity index (χ1n) is 14.8. The van der Waals surface area contributed by atoms with Crippen LogP contribution in [-0.2, 0) is 19.6 Å². The zero-order valence-corrected chi connectivity index (χ0v) is 28.7. The maximum atomic E-state index is 14.8. The molecule has 2 heterocycles. The molecule has 0 aliphatic carbocycles. The van der Waals surface area contributed by atoms with Crippen LogP contribution < -0.4 is 11.1 Å². The number of hydrogen-bond acceptors (Lipinski definition) is 9. The lowest BCUT2D eigenvalue weighted by Gasteiger charge is -2.32.